The molecule has 0 radical (unpaired) electrons. The van der Waals surface area contributed by atoms with Gasteiger partial charge in [-0.25, -0.2) is 0 Å². The summed E-state index contributed by atoms with van der Waals surface area (Å²) in [5.74, 6) is 0.308. The summed E-state index contributed by atoms with van der Waals surface area (Å²) in [7, 11) is 0. The van der Waals surface area contributed by atoms with Gasteiger partial charge in [0, 0.05) is 4.88 Å². The standard InChI is InChI=1S/C13H19NO2S/c1-9(11-4-3-7-17-11)12(16)14-13(2,8-15)10-5-6-10/h3-4,7,9-10,15H,5-6,8H2,1-2H3,(H,14,16). The number of carbonyl (C=O) groups excluding carboxylic acids is 1. The molecule has 0 aromatic carbocycles. The largest absolute Gasteiger partial charge is 0.394 e. The van der Waals surface area contributed by atoms with Crippen LogP contribution in [-0.2, 0) is 4.79 Å². The van der Waals surface area contributed by atoms with Gasteiger partial charge in [-0.1, -0.05) is 6.07 Å². The van der Waals surface area contributed by atoms with E-state index in [4.69, 9.17) is 0 Å². The maximum absolute atomic E-state index is 12.1. The normalized spacial score (nSPS) is 20.6. The summed E-state index contributed by atoms with van der Waals surface area (Å²) in [5.41, 5.74) is -0.442. The smallest absolute Gasteiger partial charge is 0.228 e. The van der Waals surface area contributed by atoms with Crippen LogP contribution >= 0.6 is 11.3 Å². The highest BCUT2D eigenvalue weighted by atomic mass is 32.1. The Morgan fingerprint density at radius 2 is 2.41 bits per heavy atom. The van der Waals surface area contributed by atoms with Crippen molar-refractivity contribution < 1.29 is 9.90 Å². The molecule has 1 amide bonds. The highest BCUT2D eigenvalue weighted by Crippen LogP contribution is 2.39. The third-order valence-electron chi connectivity index (χ3n) is 3.58. The van der Waals surface area contributed by atoms with Crippen LogP contribution in [0.2, 0.25) is 0 Å². The summed E-state index contributed by atoms with van der Waals surface area (Å²) in [6.45, 7) is 3.86. The topological polar surface area (TPSA) is 49.3 Å². The van der Waals surface area contributed by atoms with Gasteiger partial charge in [0.15, 0.2) is 0 Å². The fraction of sp³-hybridized carbons (Fsp3) is 0.615. The van der Waals surface area contributed by atoms with Crippen LogP contribution in [0.25, 0.3) is 0 Å². The average Bonchev–Trinajstić information content (AvgIpc) is 3.05. The zero-order valence-electron chi connectivity index (χ0n) is 10.3. The van der Waals surface area contributed by atoms with Crippen LogP contribution < -0.4 is 5.32 Å². The van der Waals surface area contributed by atoms with E-state index in [0.29, 0.717) is 5.92 Å². The Morgan fingerprint density at radius 3 is 2.88 bits per heavy atom. The van der Waals surface area contributed by atoms with Gasteiger partial charge in [0.05, 0.1) is 18.1 Å². The monoisotopic (exact) mass is 253 g/mol. The Balaban J connectivity index is 2.00. The number of amides is 1. The van der Waals surface area contributed by atoms with Gasteiger partial charge in [-0.15, -0.1) is 11.3 Å². The van der Waals surface area contributed by atoms with Gasteiger partial charge < -0.3 is 10.4 Å². The van der Waals surface area contributed by atoms with Crippen molar-refractivity contribution in [2.24, 2.45) is 5.92 Å². The molecule has 1 aliphatic rings. The maximum Gasteiger partial charge on any atom is 0.228 e. The predicted molar refractivity (Wildman–Crippen MR) is 69.1 cm³/mol. The molecule has 0 saturated heterocycles. The second-order valence-electron chi connectivity index (χ2n) is 5.08. The van der Waals surface area contributed by atoms with Gasteiger partial charge in [-0.05, 0) is 44.1 Å². The van der Waals surface area contributed by atoms with Gasteiger partial charge in [-0.2, -0.15) is 0 Å². The van der Waals surface area contributed by atoms with Crippen LogP contribution in [0, 0.1) is 5.92 Å². The molecule has 2 atom stereocenters. The molecule has 0 spiro atoms. The zero-order chi connectivity index (χ0) is 12.5. The molecule has 1 aromatic heterocycles. The van der Waals surface area contributed by atoms with Crippen LogP contribution in [0.5, 0.6) is 0 Å². The second-order valence-corrected chi connectivity index (χ2v) is 6.06. The minimum atomic E-state index is -0.442. The molecule has 2 unspecified atom stereocenters. The Hall–Kier alpha value is -0.870. The fourth-order valence-electron chi connectivity index (χ4n) is 2.05. The molecule has 1 aliphatic carbocycles. The first kappa shape index (κ1) is 12.6. The van der Waals surface area contributed by atoms with E-state index in [-0.39, 0.29) is 18.4 Å². The number of thiophene rings is 1. The molecule has 0 bridgehead atoms. The molecule has 1 fully saturated rings. The lowest BCUT2D eigenvalue weighted by atomic mass is 9.95. The van der Waals surface area contributed by atoms with Crippen molar-refractivity contribution in [1.82, 2.24) is 5.32 Å². The molecule has 1 saturated carbocycles. The number of hydrogen-bond acceptors (Lipinski definition) is 3. The number of hydrogen-bond donors (Lipinski definition) is 2. The van der Waals surface area contributed by atoms with Crippen LogP contribution in [-0.4, -0.2) is 23.2 Å². The van der Waals surface area contributed by atoms with Crippen LogP contribution in [0.4, 0.5) is 0 Å². The van der Waals surface area contributed by atoms with Crippen molar-refractivity contribution in [3.63, 3.8) is 0 Å². The van der Waals surface area contributed by atoms with Gasteiger partial charge >= 0.3 is 0 Å². The third-order valence-corrected chi connectivity index (χ3v) is 4.63. The van der Waals surface area contributed by atoms with E-state index in [9.17, 15) is 9.90 Å². The van der Waals surface area contributed by atoms with Crippen molar-refractivity contribution >= 4 is 17.2 Å². The third kappa shape index (κ3) is 2.69. The lowest BCUT2D eigenvalue weighted by Gasteiger charge is -2.30. The molecule has 17 heavy (non-hydrogen) atoms. The van der Waals surface area contributed by atoms with E-state index in [1.807, 2.05) is 31.4 Å². The Labute approximate surface area is 106 Å². The molecule has 4 heteroatoms. The highest BCUT2D eigenvalue weighted by Gasteiger charge is 2.42. The molecule has 2 rings (SSSR count). The first-order valence-corrected chi connectivity index (χ1v) is 6.91. The van der Waals surface area contributed by atoms with E-state index in [1.54, 1.807) is 11.3 Å². The van der Waals surface area contributed by atoms with E-state index in [1.165, 1.54) is 0 Å². The van der Waals surface area contributed by atoms with Gasteiger partial charge in [0.1, 0.15) is 0 Å². The Morgan fingerprint density at radius 1 is 1.71 bits per heavy atom. The van der Waals surface area contributed by atoms with E-state index in [0.717, 1.165) is 17.7 Å². The Bertz CT molecular complexity index is 386. The highest BCUT2D eigenvalue weighted by molar-refractivity contribution is 7.10. The second kappa shape index (κ2) is 4.78. The van der Waals surface area contributed by atoms with Crippen molar-refractivity contribution in [2.75, 3.05) is 6.61 Å². The molecule has 0 aliphatic heterocycles. The van der Waals surface area contributed by atoms with Crippen molar-refractivity contribution in [3.05, 3.63) is 22.4 Å². The van der Waals surface area contributed by atoms with Gasteiger partial charge in [0.2, 0.25) is 5.91 Å². The molecule has 1 aromatic rings. The summed E-state index contributed by atoms with van der Waals surface area (Å²) in [6, 6.07) is 3.93. The molecular formula is C13H19NO2S. The molecule has 1 heterocycles. The number of rotatable bonds is 5. The number of aliphatic hydroxyl groups excluding tert-OH is 1. The fourth-order valence-corrected chi connectivity index (χ4v) is 2.83. The predicted octanol–water partition coefficient (Wildman–Crippen LogP) is 2.13. The van der Waals surface area contributed by atoms with Crippen molar-refractivity contribution in [3.8, 4) is 0 Å². The number of carbonyl (C=O) groups is 1. The molecule has 94 valence electrons. The van der Waals surface area contributed by atoms with E-state index in [2.05, 4.69) is 5.32 Å². The lowest BCUT2D eigenvalue weighted by molar-refractivity contribution is -0.124. The zero-order valence-corrected chi connectivity index (χ0v) is 11.1. The van der Waals surface area contributed by atoms with Crippen molar-refractivity contribution in [2.45, 2.75) is 38.1 Å². The summed E-state index contributed by atoms with van der Waals surface area (Å²) in [4.78, 5) is 13.2. The van der Waals surface area contributed by atoms with Gasteiger partial charge in [-0.3, -0.25) is 4.79 Å². The van der Waals surface area contributed by atoms with E-state index >= 15 is 0 Å². The minimum absolute atomic E-state index is 0.0101. The first-order valence-electron chi connectivity index (χ1n) is 6.03. The first-order chi connectivity index (χ1) is 8.07. The maximum atomic E-state index is 12.1. The van der Waals surface area contributed by atoms with Crippen LogP contribution in [0.15, 0.2) is 17.5 Å². The Kier molecular flexibility index (Phi) is 3.54. The SMILES string of the molecule is CC(C(=O)NC(C)(CO)C1CC1)c1cccs1. The quantitative estimate of drug-likeness (QED) is 0.844. The summed E-state index contributed by atoms with van der Waals surface area (Å²) in [5, 5.41) is 14.4. The van der Waals surface area contributed by atoms with Crippen LogP contribution in [0.1, 0.15) is 37.5 Å². The molecular weight excluding hydrogens is 234 g/mol. The lowest BCUT2D eigenvalue weighted by Crippen LogP contribution is -2.51. The average molecular weight is 253 g/mol. The van der Waals surface area contributed by atoms with E-state index < -0.39 is 5.54 Å². The van der Waals surface area contributed by atoms with Crippen LogP contribution in [0.3, 0.4) is 0 Å². The molecule has 3 nitrogen and oxygen atoms in total. The van der Waals surface area contributed by atoms with Gasteiger partial charge in [0.25, 0.3) is 0 Å². The molecule has 2 N–H and O–H groups in total. The summed E-state index contributed by atoms with van der Waals surface area (Å²) >= 11 is 1.59. The number of aliphatic hydroxyl groups is 1. The summed E-state index contributed by atoms with van der Waals surface area (Å²) < 4.78 is 0. The minimum Gasteiger partial charge on any atom is -0.394 e. The van der Waals surface area contributed by atoms with Crippen molar-refractivity contribution in [1.29, 1.82) is 0 Å². The summed E-state index contributed by atoms with van der Waals surface area (Å²) in [6.07, 6.45) is 2.20. The number of nitrogens with one attached hydrogen (secondary N) is 1.